The minimum Gasteiger partial charge on any atom is -0.493 e. The molecule has 0 aliphatic heterocycles. The van der Waals surface area contributed by atoms with Crippen LogP contribution in [-0.2, 0) is 14.3 Å². The number of hydrogen-bond donors (Lipinski definition) is 0. The van der Waals surface area contributed by atoms with Gasteiger partial charge in [0.25, 0.3) is 0 Å². The van der Waals surface area contributed by atoms with Gasteiger partial charge in [0.05, 0.1) is 13.4 Å². The van der Waals surface area contributed by atoms with Gasteiger partial charge in [0.15, 0.2) is 11.5 Å². The van der Waals surface area contributed by atoms with Crippen LogP contribution in [-0.4, -0.2) is 19.0 Å². The van der Waals surface area contributed by atoms with E-state index in [2.05, 4.69) is 11.3 Å². The van der Waals surface area contributed by atoms with Crippen LogP contribution in [0.4, 0.5) is 0 Å². The topological polar surface area (TPSA) is 61.8 Å². The number of hydrogen-bond acceptors (Lipinski definition) is 5. The highest BCUT2D eigenvalue weighted by Crippen LogP contribution is 2.28. The third-order valence-electron chi connectivity index (χ3n) is 2.05. The highest BCUT2D eigenvalue weighted by molar-refractivity contribution is 5.87. The van der Waals surface area contributed by atoms with Crippen molar-refractivity contribution >= 4 is 18.0 Å². The van der Waals surface area contributed by atoms with Gasteiger partial charge in [-0.25, -0.2) is 4.79 Å². The Hall–Kier alpha value is -2.56. The summed E-state index contributed by atoms with van der Waals surface area (Å²) >= 11 is 0. The van der Waals surface area contributed by atoms with E-state index in [4.69, 9.17) is 9.47 Å². The summed E-state index contributed by atoms with van der Waals surface area (Å²) in [7, 11) is 1.46. The van der Waals surface area contributed by atoms with Gasteiger partial charge in [0, 0.05) is 13.0 Å². The van der Waals surface area contributed by atoms with Crippen LogP contribution in [0.1, 0.15) is 12.5 Å². The standard InChI is InChI=1S/C14H14O5/c1-4-18-14(16)8-6-11-5-7-12(19-10(2)15)13(9-11)17-3/h4-9H,1H2,2-3H3. The van der Waals surface area contributed by atoms with Crippen molar-refractivity contribution in [1.29, 1.82) is 0 Å². The molecule has 0 bridgehead atoms. The van der Waals surface area contributed by atoms with Gasteiger partial charge in [-0.1, -0.05) is 12.6 Å². The van der Waals surface area contributed by atoms with E-state index in [9.17, 15) is 9.59 Å². The van der Waals surface area contributed by atoms with Gasteiger partial charge in [-0.05, 0) is 23.8 Å². The smallest absolute Gasteiger partial charge is 0.335 e. The van der Waals surface area contributed by atoms with Crippen LogP contribution in [0, 0.1) is 0 Å². The molecule has 0 spiro atoms. The minimum atomic E-state index is -0.530. The van der Waals surface area contributed by atoms with Crippen molar-refractivity contribution in [3.8, 4) is 11.5 Å². The molecule has 0 atom stereocenters. The second-order valence-corrected chi connectivity index (χ2v) is 3.44. The average molecular weight is 262 g/mol. The van der Waals surface area contributed by atoms with E-state index < -0.39 is 11.9 Å². The maximum absolute atomic E-state index is 11.1. The van der Waals surface area contributed by atoms with Gasteiger partial charge < -0.3 is 14.2 Å². The van der Waals surface area contributed by atoms with E-state index in [1.807, 2.05) is 0 Å². The summed E-state index contributed by atoms with van der Waals surface area (Å²) < 4.78 is 14.6. The molecule has 0 saturated carbocycles. The summed E-state index contributed by atoms with van der Waals surface area (Å²) in [6.45, 7) is 4.58. The third-order valence-corrected chi connectivity index (χ3v) is 2.05. The predicted molar refractivity (Wildman–Crippen MR) is 69.6 cm³/mol. The Morgan fingerprint density at radius 2 is 2.00 bits per heavy atom. The zero-order chi connectivity index (χ0) is 14.3. The molecule has 0 fully saturated rings. The molecule has 0 saturated heterocycles. The molecule has 5 heteroatoms. The van der Waals surface area contributed by atoms with Gasteiger partial charge in [0.1, 0.15) is 0 Å². The molecule has 1 aromatic rings. The molecule has 19 heavy (non-hydrogen) atoms. The van der Waals surface area contributed by atoms with Crippen molar-refractivity contribution in [1.82, 2.24) is 0 Å². The van der Waals surface area contributed by atoms with Gasteiger partial charge >= 0.3 is 11.9 Å². The number of carbonyl (C=O) groups excluding carboxylic acids is 2. The Morgan fingerprint density at radius 1 is 1.26 bits per heavy atom. The van der Waals surface area contributed by atoms with Crippen LogP contribution >= 0.6 is 0 Å². The van der Waals surface area contributed by atoms with Crippen LogP contribution in [0.5, 0.6) is 11.5 Å². The number of rotatable bonds is 5. The lowest BCUT2D eigenvalue weighted by Gasteiger charge is -2.08. The van der Waals surface area contributed by atoms with E-state index in [0.717, 1.165) is 6.26 Å². The first-order chi connectivity index (χ1) is 9.06. The molecule has 0 aromatic heterocycles. The maximum atomic E-state index is 11.1. The summed E-state index contributed by atoms with van der Waals surface area (Å²) in [4.78, 5) is 22.0. The summed E-state index contributed by atoms with van der Waals surface area (Å²) in [5, 5.41) is 0. The van der Waals surface area contributed by atoms with Crippen LogP contribution in [0.25, 0.3) is 6.08 Å². The largest absolute Gasteiger partial charge is 0.493 e. The Bertz CT molecular complexity index is 517. The monoisotopic (exact) mass is 262 g/mol. The van der Waals surface area contributed by atoms with Crippen molar-refractivity contribution in [3.63, 3.8) is 0 Å². The number of esters is 2. The van der Waals surface area contributed by atoms with E-state index in [-0.39, 0.29) is 0 Å². The maximum Gasteiger partial charge on any atom is 0.335 e. The van der Waals surface area contributed by atoms with E-state index in [1.54, 1.807) is 24.3 Å². The second-order valence-electron chi connectivity index (χ2n) is 3.44. The minimum absolute atomic E-state index is 0.320. The second kappa shape index (κ2) is 7.00. The lowest BCUT2D eigenvalue weighted by molar-refractivity contribution is -0.133. The number of carbonyl (C=O) groups is 2. The SMILES string of the molecule is C=COC(=O)C=Cc1ccc(OC(C)=O)c(OC)c1. The summed E-state index contributed by atoms with van der Waals surface area (Å²) in [5.74, 6) is -0.246. The molecule has 1 aromatic carbocycles. The van der Waals surface area contributed by atoms with Crippen molar-refractivity contribution in [2.45, 2.75) is 6.92 Å². The molecule has 0 amide bonds. The van der Waals surface area contributed by atoms with Crippen molar-refractivity contribution < 1.29 is 23.8 Å². The van der Waals surface area contributed by atoms with E-state index >= 15 is 0 Å². The predicted octanol–water partition coefficient (Wildman–Crippen LogP) is 2.32. The molecular formula is C14H14O5. The average Bonchev–Trinajstić information content (AvgIpc) is 2.37. The summed E-state index contributed by atoms with van der Waals surface area (Å²) in [6.07, 6.45) is 3.85. The Labute approximate surface area is 111 Å². The number of ether oxygens (including phenoxy) is 3. The van der Waals surface area contributed by atoms with Crippen molar-refractivity contribution in [2.24, 2.45) is 0 Å². The Morgan fingerprint density at radius 3 is 2.58 bits per heavy atom. The van der Waals surface area contributed by atoms with Crippen LogP contribution in [0.2, 0.25) is 0 Å². The van der Waals surface area contributed by atoms with Crippen molar-refractivity contribution in [3.05, 3.63) is 42.7 Å². The Kier molecular flexibility index (Phi) is 5.35. The van der Waals surface area contributed by atoms with Crippen LogP contribution in [0.15, 0.2) is 37.1 Å². The van der Waals surface area contributed by atoms with Crippen LogP contribution < -0.4 is 9.47 Å². The van der Waals surface area contributed by atoms with Gasteiger partial charge in [-0.3, -0.25) is 4.79 Å². The fourth-order valence-electron chi connectivity index (χ4n) is 1.31. The van der Waals surface area contributed by atoms with Gasteiger partial charge in [-0.15, -0.1) is 0 Å². The highest BCUT2D eigenvalue weighted by atomic mass is 16.6. The molecule has 100 valence electrons. The molecule has 1 rings (SSSR count). The third kappa shape index (κ3) is 4.67. The summed E-state index contributed by atoms with van der Waals surface area (Å²) in [5.41, 5.74) is 0.703. The lowest BCUT2D eigenvalue weighted by atomic mass is 10.2. The van der Waals surface area contributed by atoms with Crippen LogP contribution in [0.3, 0.4) is 0 Å². The lowest BCUT2D eigenvalue weighted by Crippen LogP contribution is -2.03. The zero-order valence-corrected chi connectivity index (χ0v) is 10.7. The first kappa shape index (κ1) is 14.5. The normalized spacial score (nSPS) is 10.0. The fraction of sp³-hybridized carbons (Fsp3) is 0.143. The number of benzene rings is 1. The van der Waals surface area contributed by atoms with Gasteiger partial charge in [0.2, 0.25) is 0 Å². The highest BCUT2D eigenvalue weighted by Gasteiger charge is 2.07. The quantitative estimate of drug-likeness (QED) is 0.353. The van der Waals surface area contributed by atoms with E-state index in [1.165, 1.54) is 20.1 Å². The number of methoxy groups -OCH3 is 1. The first-order valence-corrected chi connectivity index (χ1v) is 5.43. The summed E-state index contributed by atoms with van der Waals surface area (Å²) in [6, 6.07) is 4.90. The molecule has 5 nitrogen and oxygen atoms in total. The first-order valence-electron chi connectivity index (χ1n) is 5.43. The fourth-order valence-corrected chi connectivity index (χ4v) is 1.31. The molecule has 0 N–H and O–H groups in total. The molecule has 0 heterocycles. The molecule has 0 aliphatic carbocycles. The van der Waals surface area contributed by atoms with Crippen molar-refractivity contribution in [2.75, 3.05) is 7.11 Å². The molecule has 0 aliphatic rings. The van der Waals surface area contributed by atoms with E-state index in [0.29, 0.717) is 17.1 Å². The Balaban J connectivity index is 2.90. The molecule has 0 unspecified atom stereocenters. The molecule has 0 radical (unpaired) electrons. The van der Waals surface area contributed by atoms with Gasteiger partial charge in [-0.2, -0.15) is 0 Å². The molecular weight excluding hydrogens is 248 g/mol. The zero-order valence-electron chi connectivity index (χ0n) is 10.7.